The molecule has 0 fully saturated rings. The quantitative estimate of drug-likeness (QED) is 0.757. The molecule has 0 aliphatic heterocycles. The molecule has 2 rings (SSSR count). The molecular formula is C17H24N3OS+. The third-order valence-electron chi connectivity index (χ3n) is 3.73. The van der Waals surface area contributed by atoms with E-state index in [4.69, 9.17) is 4.74 Å². The summed E-state index contributed by atoms with van der Waals surface area (Å²) in [6, 6.07) is 12.0. The van der Waals surface area contributed by atoms with E-state index in [1.807, 2.05) is 30.3 Å². The Morgan fingerprint density at radius 2 is 1.73 bits per heavy atom. The van der Waals surface area contributed by atoms with E-state index in [1.54, 1.807) is 23.8 Å². The van der Waals surface area contributed by atoms with Gasteiger partial charge in [0, 0.05) is 11.3 Å². The van der Waals surface area contributed by atoms with Gasteiger partial charge in [-0.3, -0.25) is 0 Å². The zero-order chi connectivity index (χ0) is 15.8. The Kier molecular flexibility index (Phi) is 6.68. The van der Waals surface area contributed by atoms with Crippen molar-refractivity contribution in [3.8, 4) is 17.0 Å². The highest BCUT2D eigenvalue weighted by molar-refractivity contribution is 7.99. The summed E-state index contributed by atoms with van der Waals surface area (Å²) in [6.07, 6.45) is 0. The number of ether oxygens (including phenoxy) is 1. The van der Waals surface area contributed by atoms with Crippen molar-refractivity contribution in [2.45, 2.75) is 18.9 Å². The van der Waals surface area contributed by atoms with Gasteiger partial charge in [0.05, 0.1) is 32.4 Å². The van der Waals surface area contributed by atoms with E-state index in [-0.39, 0.29) is 0 Å². The smallest absolute Gasteiger partial charge is 0.119 e. The van der Waals surface area contributed by atoms with Crippen molar-refractivity contribution in [3.63, 3.8) is 0 Å². The SMILES string of the molecule is CC[NH+](CC)CCSc1ccc(-c2ccc(OC)cc2)nn1. The lowest BCUT2D eigenvalue weighted by atomic mass is 10.1. The Bertz CT molecular complexity index is 553. The third kappa shape index (κ3) is 4.71. The lowest BCUT2D eigenvalue weighted by Crippen LogP contribution is -3.11. The Hall–Kier alpha value is -1.59. The van der Waals surface area contributed by atoms with Gasteiger partial charge in [-0.25, -0.2) is 0 Å². The number of quaternary nitrogens is 1. The van der Waals surface area contributed by atoms with Gasteiger partial charge in [-0.2, -0.15) is 0 Å². The summed E-state index contributed by atoms with van der Waals surface area (Å²) in [5.41, 5.74) is 1.94. The molecule has 0 bridgehead atoms. The molecule has 0 atom stereocenters. The summed E-state index contributed by atoms with van der Waals surface area (Å²) < 4.78 is 5.16. The molecule has 0 aliphatic rings. The van der Waals surface area contributed by atoms with Gasteiger partial charge in [-0.15, -0.1) is 10.2 Å². The maximum atomic E-state index is 5.16. The molecule has 0 amide bonds. The highest BCUT2D eigenvalue weighted by atomic mass is 32.2. The molecule has 0 radical (unpaired) electrons. The Balaban J connectivity index is 1.92. The molecule has 0 aliphatic carbocycles. The van der Waals surface area contributed by atoms with Crippen LogP contribution in [0.1, 0.15) is 13.8 Å². The van der Waals surface area contributed by atoms with Crippen molar-refractivity contribution in [2.24, 2.45) is 0 Å². The van der Waals surface area contributed by atoms with Gasteiger partial charge in [0.25, 0.3) is 0 Å². The number of aromatic nitrogens is 2. The first-order valence-electron chi connectivity index (χ1n) is 7.71. The maximum absolute atomic E-state index is 5.16. The topological polar surface area (TPSA) is 39.5 Å². The van der Waals surface area contributed by atoms with Crippen molar-refractivity contribution in [1.82, 2.24) is 10.2 Å². The molecule has 0 saturated carbocycles. The van der Waals surface area contributed by atoms with Crippen LogP contribution >= 0.6 is 11.8 Å². The Labute approximate surface area is 136 Å². The van der Waals surface area contributed by atoms with Crippen molar-refractivity contribution < 1.29 is 9.64 Å². The van der Waals surface area contributed by atoms with Gasteiger partial charge in [0.2, 0.25) is 0 Å². The van der Waals surface area contributed by atoms with Crippen LogP contribution < -0.4 is 9.64 Å². The number of hydrogen-bond acceptors (Lipinski definition) is 4. The summed E-state index contributed by atoms with van der Waals surface area (Å²) in [4.78, 5) is 1.62. The minimum absolute atomic E-state index is 0.850. The number of nitrogens with zero attached hydrogens (tertiary/aromatic N) is 2. The zero-order valence-electron chi connectivity index (χ0n) is 13.5. The van der Waals surface area contributed by atoms with E-state index in [2.05, 4.69) is 30.1 Å². The van der Waals surface area contributed by atoms with E-state index < -0.39 is 0 Å². The Morgan fingerprint density at radius 1 is 1.00 bits per heavy atom. The summed E-state index contributed by atoms with van der Waals surface area (Å²) in [5, 5.41) is 9.63. The molecule has 1 N–H and O–H groups in total. The second-order valence-corrected chi connectivity index (χ2v) is 6.16. The number of methoxy groups -OCH3 is 1. The van der Waals surface area contributed by atoms with Crippen LogP contribution in [0.15, 0.2) is 41.4 Å². The molecule has 1 aromatic heterocycles. The Morgan fingerprint density at radius 3 is 2.27 bits per heavy atom. The minimum Gasteiger partial charge on any atom is -0.497 e. The first-order chi connectivity index (χ1) is 10.8. The molecule has 2 aromatic rings. The molecule has 5 heteroatoms. The van der Waals surface area contributed by atoms with Crippen LogP contribution in [0.4, 0.5) is 0 Å². The van der Waals surface area contributed by atoms with Gasteiger partial charge in [-0.05, 0) is 50.2 Å². The number of thioether (sulfide) groups is 1. The summed E-state index contributed by atoms with van der Waals surface area (Å²) in [5.74, 6) is 1.93. The third-order valence-corrected chi connectivity index (χ3v) is 4.65. The summed E-state index contributed by atoms with van der Waals surface area (Å²) in [7, 11) is 1.67. The van der Waals surface area contributed by atoms with Gasteiger partial charge in [0.1, 0.15) is 10.8 Å². The number of nitrogens with one attached hydrogen (secondary N) is 1. The maximum Gasteiger partial charge on any atom is 0.119 e. The summed E-state index contributed by atoms with van der Waals surface area (Å²) in [6.45, 7) is 7.98. The average molecular weight is 318 g/mol. The molecule has 22 heavy (non-hydrogen) atoms. The predicted molar refractivity (Wildman–Crippen MR) is 91.7 cm³/mol. The van der Waals surface area contributed by atoms with Crippen LogP contribution in [0.5, 0.6) is 5.75 Å². The predicted octanol–water partition coefficient (Wildman–Crippen LogP) is 2.17. The van der Waals surface area contributed by atoms with Crippen molar-refractivity contribution in [3.05, 3.63) is 36.4 Å². The van der Waals surface area contributed by atoms with Gasteiger partial charge in [-0.1, -0.05) is 11.8 Å². The molecule has 0 saturated heterocycles. The fraction of sp³-hybridized carbons (Fsp3) is 0.412. The molecule has 1 aromatic carbocycles. The fourth-order valence-corrected chi connectivity index (χ4v) is 3.08. The first-order valence-corrected chi connectivity index (χ1v) is 8.69. The molecule has 0 spiro atoms. The molecule has 1 heterocycles. The first kappa shape index (κ1) is 16.8. The standard InChI is InChI=1S/C17H23N3OS/c1-4-20(5-2)12-13-22-17-11-10-16(18-19-17)14-6-8-15(21-3)9-7-14/h6-11H,4-5,12-13H2,1-3H3/p+1. The highest BCUT2D eigenvalue weighted by Gasteiger charge is 2.05. The van der Waals surface area contributed by atoms with Crippen LogP contribution in [-0.4, -0.2) is 42.7 Å². The van der Waals surface area contributed by atoms with Gasteiger partial charge >= 0.3 is 0 Å². The van der Waals surface area contributed by atoms with E-state index in [0.29, 0.717) is 0 Å². The number of rotatable bonds is 8. The normalized spacial score (nSPS) is 10.9. The van der Waals surface area contributed by atoms with E-state index in [9.17, 15) is 0 Å². The van der Waals surface area contributed by atoms with Gasteiger partial charge < -0.3 is 9.64 Å². The van der Waals surface area contributed by atoms with Crippen LogP contribution in [0.25, 0.3) is 11.3 Å². The average Bonchev–Trinajstić information content (AvgIpc) is 2.59. The summed E-state index contributed by atoms with van der Waals surface area (Å²) >= 11 is 1.78. The van der Waals surface area contributed by atoms with E-state index >= 15 is 0 Å². The van der Waals surface area contributed by atoms with Crippen LogP contribution in [-0.2, 0) is 0 Å². The zero-order valence-corrected chi connectivity index (χ0v) is 14.3. The van der Waals surface area contributed by atoms with Crippen LogP contribution in [0.2, 0.25) is 0 Å². The number of benzene rings is 1. The molecular weight excluding hydrogens is 294 g/mol. The second-order valence-electron chi connectivity index (χ2n) is 5.04. The lowest BCUT2D eigenvalue weighted by molar-refractivity contribution is -0.893. The minimum atomic E-state index is 0.850. The van der Waals surface area contributed by atoms with Crippen molar-refractivity contribution in [2.75, 3.05) is 32.5 Å². The second kappa shape index (κ2) is 8.76. The van der Waals surface area contributed by atoms with Crippen LogP contribution in [0.3, 0.4) is 0 Å². The largest absolute Gasteiger partial charge is 0.497 e. The molecule has 118 valence electrons. The monoisotopic (exact) mass is 318 g/mol. The van der Waals surface area contributed by atoms with Gasteiger partial charge in [0.15, 0.2) is 0 Å². The fourth-order valence-electron chi connectivity index (χ4n) is 2.22. The van der Waals surface area contributed by atoms with Crippen molar-refractivity contribution in [1.29, 1.82) is 0 Å². The highest BCUT2D eigenvalue weighted by Crippen LogP contribution is 2.21. The van der Waals surface area contributed by atoms with Crippen LogP contribution in [0, 0.1) is 0 Å². The van der Waals surface area contributed by atoms with E-state index in [0.717, 1.165) is 27.8 Å². The molecule has 4 nitrogen and oxygen atoms in total. The number of hydrogen-bond donors (Lipinski definition) is 1. The van der Waals surface area contributed by atoms with Crippen molar-refractivity contribution >= 4 is 11.8 Å². The lowest BCUT2D eigenvalue weighted by Gasteiger charge is -2.14. The molecule has 0 unspecified atom stereocenters. The van der Waals surface area contributed by atoms with E-state index in [1.165, 1.54) is 19.6 Å².